The summed E-state index contributed by atoms with van der Waals surface area (Å²) in [6.45, 7) is 5.85. The maximum atomic E-state index is 5.31. The smallest absolute Gasteiger partial charge is 0.315 e. The number of hydrogen-bond acceptors (Lipinski definition) is 5. The quantitative estimate of drug-likeness (QED) is 0.720. The first kappa shape index (κ1) is 11.0. The SMILES string of the molecule is CNCc1nnc(NCCC(C)C)o1. The molecule has 0 radical (unpaired) electrons. The van der Waals surface area contributed by atoms with Crippen molar-refractivity contribution in [2.75, 3.05) is 18.9 Å². The van der Waals surface area contributed by atoms with Gasteiger partial charge in [0.2, 0.25) is 5.89 Å². The van der Waals surface area contributed by atoms with Gasteiger partial charge in [-0.15, -0.1) is 5.10 Å². The summed E-state index contributed by atoms with van der Waals surface area (Å²) in [7, 11) is 1.84. The first-order valence-electron chi connectivity index (χ1n) is 4.93. The molecule has 1 heterocycles. The van der Waals surface area contributed by atoms with Crippen LogP contribution in [0.5, 0.6) is 0 Å². The fourth-order valence-corrected chi connectivity index (χ4v) is 1.02. The maximum Gasteiger partial charge on any atom is 0.315 e. The largest absolute Gasteiger partial charge is 0.407 e. The van der Waals surface area contributed by atoms with Crippen molar-refractivity contribution in [3.63, 3.8) is 0 Å². The normalized spacial score (nSPS) is 10.9. The monoisotopic (exact) mass is 198 g/mol. The van der Waals surface area contributed by atoms with Crippen LogP contribution in [-0.4, -0.2) is 23.8 Å². The zero-order chi connectivity index (χ0) is 10.4. The van der Waals surface area contributed by atoms with Crippen LogP contribution >= 0.6 is 0 Å². The van der Waals surface area contributed by atoms with E-state index < -0.39 is 0 Å². The van der Waals surface area contributed by atoms with Gasteiger partial charge < -0.3 is 15.1 Å². The van der Waals surface area contributed by atoms with Crippen molar-refractivity contribution in [1.82, 2.24) is 15.5 Å². The van der Waals surface area contributed by atoms with Crippen LogP contribution in [0, 0.1) is 5.92 Å². The van der Waals surface area contributed by atoms with Gasteiger partial charge >= 0.3 is 6.01 Å². The number of anilines is 1. The highest BCUT2D eigenvalue weighted by atomic mass is 16.4. The third kappa shape index (κ3) is 3.74. The van der Waals surface area contributed by atoms with E-state index in [2.05, 4.69) is 34.7 Å². The van der Waals surface area contributed by atoms with E-state index in [0.717, 1.165) is 13.0 Å². The van der Waals surface area contributed by atoms with Crippen LogP contribution in [0.3, 0.4) is 0 Å². The fourth-order valence-electron chi connectivity index (χ4n) is 1.02. The summed E-state index contributed by atoms with van der Waals surface area (Å²) < 4.78 is 5.31. The summed E-state index contributed by atoms with van der Waals surface area (Å²) in [5, 5.41) is 13.8. The second-order valence-corrected chi connectivity index (χ2v) is 3.64. The van der Waals surface area contributed by atoms with E-state index in [9.17, 15) is 0 Å². The minimum absolute atomic E-state index is 0.510. The molecule has 5 nitrogen and oxygen atoms in total. The molecule has 0 saturated carbocycles. The maximum absolute atomic E-state index is 5.31. The lowest BCUT2D eigenvalue weighted by Crippen LogP contribution is -2.05. The van der Waals surface area contributed by atoms with Crippen molar-refractivity contribution in [2.24, 2.45) is 5.92 Å². The van der Waals surface area contributed by atoms with E-state index in [-0.39, 0.29) is 0 Å². The zero-order valence-corrected chi connectivity index (χ0v) is 9.00. The summed E-state index contributed by atoms with van der Waals surface area (Å²) in [4.78, 5) is 0. The summed E-state index contributed by atoms with van der Waals surface area (Å²) in [5.41, 5.74) is 0. The molecule has 1 aromatic heterocycles. The Morgan fingerprint density at radius 2 is 2.14 bits per heavy atom. The molecule has 0 bridgehead atoms. The number of nitrogens with zero attached hydrogens (tertiary/aromatic N) is 2. The molecular formula is C9H18N4O. The van der Waals surface area contributed by atoms with Gasteiger partial charge in [-0.3, -0.25) is 0 Å². The molecule has 14 heavy (non-hydrogen) atoms. The molecule has 0 aliphatic carbocycles. The standard InChI is InChI=1S/C9H18N4O/c1-7(2)4-5-11-9-13-12-8(14-9)6-10-3/h7,10H,4-6H2,1-3H3,(H,11,13). The molecule has 0 amide bonds. The van der Waals surface area contributed by atoms with Gasteiger partial charge in [-0.2, -0.15) is 0 Å². The molecule has 0 saturated heterocycles. The van der Waals surface area contributed by atoms with Crippen LogP contribution in [0.15, 0.2) is 4.42 Å². The van der Waals surface area contributed by atoms with Crippen molar-refractivity contribution < 1.29 is 4.42 Å². The third-order valence-electron chi connectivity index (χ3n) is 1.79. The van der Waals surface area contributed by atoms with Crippen molar-refractivity contribution >= 4 is 6.01 Å². The Bertz CT molecular complexity index is 259. The Morgan fingerprint density at radius 1 is 1.36 bits per heavy atom. The zero-order valence-electron chi connectivity index (χ0n) is 9.00. The summed E-state index contributed by atoms with van der Waals surface area (Å²) >= 11 is 0. The second-order valence-electron chi connectivity index (χ2n) is 3.64. The van der Waals surface area contributed by atoms with Crippen LogP contribution in [0.2, 0.25) is 0 Å². The Kier molecular flexibility index (Phi) is 4.39. The number of nitrogens with one attached hydrogen (secondary N) is 2. The molecule has 2 N–H and O–H groups in total. The first-order chi connectivity index (χ1) is 6.72. The Morgan fingerprint density at radius 3 is 2.79 bits per heavy atom. The predicted molar refractivity (Wildman–Crippen MR) is 55.0 cm³/mol. The number of aromatic nitrogens is 2. The van der Waals surface area contributed by atoms with Crippen LogP contribution in [-0.2, 0) is 6.54 Å². The average Bonchev–Trinajstić information content (AvgIpc) is 2.53. The van der Waals surface area contributed by atoms with Gasteiger partial charge in [0.05, 0.1) is 6.54 Å². The van der Waals surface area contributed by atoms with E-state index in [1.165, 1.54) is 0 Å². The van der Waals surface area contributed by atoms with Gasteiger partial charge in [0, 0.05) is 6.54 Å². The molecule has 0 aromatic carbocycles. The minimum atomic E-state index is 0.510. The molecular weight excluding hydrogens is 180 g/mol. The van der Waals surface area contributed by atoms with Crippen molar-refractivity contribution in [2.45, 2.75) is 26.8 Å². The molecule has 1 aromatic rings. The summed E-state index contributed by atoms with van der Waals surface area (Å²) in [5.74, 6) is 1.29. The van der Waals surface area contributed by atoms with Gasteiger partial charge in [-0.05, 0) is 19.4 Å². The summed E-state index contributed by atoms with van der Waals surface area (Å²) in [6.07, 6.45) is 1.10. The third-order valence-corrected chi connectivity index (χ3v) is 1.79. The molecule has 80 valence electrons. The van der Waals surface area contributed by atoms with E-state index in [4.69, 9.17) is 4.42 Å². The Hall–Kier alpha value is -1.10. The average molecular weight is 198 g/mol. The van der Waals surface area contributed by atoms with Gasteiger partial charge in [-0.25, -0.2) is 0 Å². The van der Waals surface area contributed by atoms with Crippen molar-refractivity contribution in [3.05, 3.63) is 5.89 Å². The van der Waals surface area contributed by atoms with Crippen LogP contribution in [0.1, 0.15) is 26.2 Å². The molecule has 0 spiro atoms. The molecule has 0 unspecified atom stereocenters. The van der Waals surface area contributed by atoms with E-state index in [0.29, 0.717) is 24.4 Å². The highest BCUT2D eigenvalue weighted by molar-refractivity contribution is 5.16. The molecule has 0 aliphatic heterocycles. The van der Waals surface area contributed by atoms with Crippen molar-refractivity contribution in [1.29, 1.82) is 0 Å². The van der Waals surface area contributed by atoms with E-state index in [1.807, 2.05) is 7.05 Å². The number of hydrogen-bond donors (Lipinski definition) is 2. The Labute approximate surface area is 84.3 Å². The van der Waals surface area contributed by atoms with E-state index in [1.54, 1.807) is 0 Å². The van der Waals surface area contributed by atoms with Gasteiger partial charge in [0.1, 0.15) is 0 Å². The van der Waals surface area contributed by atoms with Crippen LogP contribution in [0.25, 0.3) is 0 Å². The first-order valence-corrected chi connectivity index (χ1v) is 4.93. The Balaban J connectivity index is 2.28. The molecule has 5 heteroatoms. The molecule has 0 fully saturated rings. The summed E-state index contributed by atoms with van der Waals surface area (Å²) in [6, 6.07) is 0.510. The molecule has 1 rings (SSSR count). The highest BCUT2D eigenvalue weighted by Crippen LogP contribution is 2.06. The minimum Gasteiger partial charge on any atom is -0.407 e. The van der Waals surface area contributed by atoms with Crippen LogP contribution in [0.4, 0.5) is 6.01 Å². The lowest BCUT2D eigenvalue weighted by molar-refractivity contribution is 0.486. The van der Waals surface area contributed by atoms with Crippen LogP contribution < -0.4 is 10.6 Å². The van der Waals surface area contributed by atoms with Gasteiger partial charge in [0.15, 0.2) is 0 Å². The lowest BCUT2D eigenvalue weighted by atomic mass is 10.1. The molecule has 0 aliphatic rings. The molecule has 0 atom stereocenters. The number of rotatable bonds is 6. The highest BCUT2D eigenvalue weighted by Gasteiger charge is 2.03. The predicted octanol–water partition coefficient (Wildman–Crippen LogP) is 1.25. The fraction of sp³-hybridized carbons (Fsp3) is 0.778. The topological polar surface area (TPSA) is 63.0 Å². The lowest BCUT2D eigenvalue weighted by Gasteiger charge is -2.03. The van der Waals surface area contributed by atoms with Gasteiger partial charge in [0.25, 0.3) is 0 Å². The second kappa shape index (κ2) is 5.59. The van der Waals surface area contributed by atoms with E-state index >= 15 is 0 Å². The van der Waals surface area contributed by atoms with Crippen molar-refractivity contribution in [3.8, 4) is 0 Å². The van der Waals surface area contributed by atoms with Gasteiger partial charge in [-0.1, -0.05) is 18.9 Å².